The van der Waals surface area contributed by atoms with Crippen LogP contribution in [-0.2, 0) is 20.9 Å². The molecule has 0 N–H and O–H groups in total. The van der Waals surface area contributed by atoms with Gasteiger partial charge in [0.15, 0.2) is 5.83 Å². The summed E-state index contributed by atoms with van der Waals surface area (Å²) in [4.78, 5) is 0. The summed E-state index contributed by atoms with van der Waals surface area (Å²) in [6, 6.07) is 0. The van der Waals surface area contributed by atoms with Crippen LogP contribution >= 0.6 is 17.1 Å². The quantitative estimate of drug-likeness (QED) is 0.626. The Hall–Kier alpha value is 0.450. The van der Waals surface area contributed by atoms with Gasteiger partial charge in [0.05, 0.1) is 13.2 Å². The Morgan fingerprint density at radius 2 is 1.88 bits per heavy atom. The lowest BCUT2D eigenvalue weighted by Gasteiger charge is -2.19. The molecule has 0 rings (SSSR count). The van der Waals surface area contributed by atoms with Crippen LogP contribution in [0.3, 0.4) is 0 Å². The monoisotopic (exact) mass is 294 g/mol. The number of hydrogen-bond acceptors (Lipinski definition) is 4. The van der Waals surface area contributed by atoms with Gasteiger partial charge in [-0.3, -0.25) is 0 Å². The topological polar surface area (TPSA) is 18.5 Å². The highest BCUT2D eigenvalue weighted by molar-refractivity contribution is 8.67. The zero-order chi connectivity index (χ0) is 12.6. The van der Waals surface area contributed by atoms with Gasteiger partial charge in [-0.1, -0.05) is 11.4 Å². The van der Waals surface area contributed by atoms with E-state index in [1.165, 1.54) is 0 Å². The van der Waals surface area contributed by atoms with Gasteiger partial charge >= 0.3 is 0 Å². The minimum atomic E-state index is -3.07. The lowest BCUT2D eigenvalue weighted by Crippen LogP contribution is -1.94. The smallest absolute Gasteiger partial charge is 0.289 e. The fraction of sp³-hybridized carbons (Fsp3) is 0.750. The molecule has 16 heavy (non-hydrogen) atoms. The number of rotatable bonds is 8. The molecule has 0 radical (unpaired) electrons. The van der Waals surface area contributed by atoms with Crippen LogP contribution in [0.5, 0.6) is 0 Å². The van der Waals surface area contributed by atoms with Crippen molar-refractivity contribution in [2.24, 2.45) is 0 Å². The molecule has 0 aliphatic heterocycles. The van der Waals surface area contributed by atoms with Crippen LogP contribution in [-0.4, -0.2) is 25.4 Å². The Balaban J connectivity index is 4.23. The first-order chi connectivity index (χ1) is 7.45. The molecular weight excluding hydrogens is 280 g/mol. The van der Waals surface area contributed by atoms with E-state index in [4.69, 9.17) is 20.9 Å². The van der Waals surface area contributed by atoms with Crippen LogP contribution in [0.2, 0.25) is 0 Å². The van der Waals surface area contributed by atoms with E-state index in [0.29, 0.717) is 13.2 Å². The van der Waals surface area contributed by atoms with Gasteiger partial charge < -0.3 is 9.05 Å². The van der Waals surface area contributed by atoms with Gasteiger partial charge in [0.1, 0.15) is 0 Å². The third kappa shape index (κ3) is 6.91. The number of halogens is 3. The third-order valence-electron chi connectivity index (χ3n) is 1.29. The summed E-state index contributed by atoms with van der Waals surface area (Å²) in [5.74, 6) is -1.42. The Kier molecular flexibility index (Phi) is 8.77. The van der Waals surface area contributed by atoms with E-state index in [1.54, 1.807) is 13.8 Å². The van der Waals surface area contributed by atoms with Crippen molar-refractivity contribution in [3.8, 4) is 0 Å². The molecule has 0 bridgehead atoms. The van der Waals surface area contributed by atoms with Gasteiger partial charge in [-0.2, -0.15) is 0 Å². The predicted octanol–water partition coefficient (Wildman–Crippen LogP) is 4.14. The summed E-state index contributed by atoms with van der Waals surface area (Å²) in [5, 5.41) is 0. The molecule has 0 aromatic rings. The standard InChI is InChI=1S/C8H14F3O2PS2/c1-3-12-14(15,13-4-2)16-6-5-7(9)8(10)11/h5,8H,3-4,6H2,1-2H3/b7-5-. The summed E-state index contributed by atoms with van der Waals surface area (Å²) >= 11 is 6.16. The highest BCUT2D eigenvalue weighted by Crippen LogP contribution is 2.60. The van der Waals surface area contributed by atoms with Crippen LogP contribution < -0.4 is 0 Å². The highest BCUT2D eigenvalue weighted by Gasteiger charge is 2.18. The Labute approximate surface area is 102 Å². The van der Waals surface area contributed by atoms with Gasteiger partial charge in [0, 0.05) is 5.75 Å². The van der Waals surface area contributed by atoms with Crippen molar-refractivity contribution in [1.29, 1.82) is 0 Å². The Bertz CT molecular complexity index is 264. The second-order valence-electron chi connectivity index (χ2n) is 2.47. The molecule has 0 aliphatic carbocycles. The Morgan fingerprint density at radius 3 is 2.25 bits per heavy atom. The lowest BCUT2D eigenvalue weighted by molar-refractivity contribution is 0.159. The van der Waals surface area contributed by atoms with E-state index in [2.05, 4.69) is 0 Å². The fourth-order valence-electron chi connectivity index (χ4n) is 0.725. The first-order valence-corrected chi connectivity index (χ1v) is 8.85. The van der Waals surface area contributed by atoms with Crippen molar-refractivity contribution >= 4 is 28.9 Å². The van der Waals surface area contributed by atoms with Gasteiger partial charge in [0.25, 0.3) is 6.43 Å². The number of alkyl halides is 2. The van der Waals surface area contributed by atoms with E-state index in [9.17, 15) is 13.2 Å². The van der Waals surface area contributed by atoms with Gasteiger partial charge in [-0.15, -0.1) is 0 Å². The Morgan fingerprint density at radius 1 is 1.38 bits per heavy atom. The third-order valence-corrected chi connectivity index (χ3v) is 6.68. The zero-order valence-electron chi connectivity index (χ0n) is 8.99. The highest BCUT2D eigenvalue weighted by atomic mass is 32.9. The largest absolute Gasteiger partial charge is 0.322 e. The zero-order valence-corrected chi connectivity index (χ0v) is 11.5. The van der Waals surface area contributed by atoms with Gasteiger partial charge in [-0.25, -0.2) is 13.2 Å². The van der Waals surface area contributed by atoms with E-state index >= 15 is 0 Å². The maximum Gasteiger partial charge on any atom is 0.289 e. The molecular formula is C8H14F3O2PS2. The van der Waals surface area contributed by atoms with Crippen LogP contribution in [0.4, 0.5) is 13.2 Å². The van der Waals surface area contributed by atoms with Crippen molar-refractivity contribution in [1.82, 2.24) is 0 Å². The molecule has 96 valence electrons. The summed E-state index contributed by atoms with van der Waals surface area (Å²) in [5.41, 5.74) is -2.51. The number of allylic oxidation sites excluding steroid dienone is 1. The maximum atomic E-state index is 12.5. The minimum absolute atomic E-state index is 0.0213. The van der Waals surface area contributed by atoms with E-state index < -0.39 is 17.9 Å². The van der Waals surface area contributed by atoms with Crippen LogP contribution in [0.25, 0.3) is 0 Å². The normalized spacial score (nSPS) is 13.5. The molecule has 0 spiro atoms. The maximum absolute atomic E-state index is 12.5. The first-order valence-electron chi connectivity index (χ1n) is 4.62. The molecule has 0 saturated heterocycles. The first kappa shape index (κ1) is 16.4. The van der Waals surface area contributed by atoms with Crippen LogP contribution in [0.1, 0.15) is 13.8 Å². The molecule has 0 heterocycles. The van der Waals surface area contributed by atoms with E-state index in [0.717, 1.165) is 17.5 Å². The molecule has 0 saturated carbocycles. The molecule has 0 fully saturated rings. The second-order valence-corrected chi connectivity index (χ2v) is 8.82. The molecule has 8 heteroatoms. The molecule has 0 aromatic carbocycles. The van der Waals surface area contributed by atoms with Crippen LogP contribution in [0.15, 0.2) is 11.9 Å². The van der Waals surface area contributed by atoms with E-state index in [1.807, 2.05) is 0 Å². The lowest BCUT2D eigenvalue weighted by atomic mass is 10.5. The molecule has 0 aliphatic rings. The van der Waals surface area contributed by atoms with Crippen LogP contribution in [0, 0.1) is 0 Å². The average molecular weight is 294 g/mol. The second kappa shape index (κ2) is 8.53. The number of hydrogen-bond donors (Lipinski definition) is 0. The molecule has 2 nitrogen and oxygen atoms in total. The summed E-state index contributed by atoms with van der Waals surface area (Å²) in [6.07, 6.45) is -2.27. The van der Waals surface area contributed by atoms with E-state index in [-0.39, 0.29) is 5.75 Å². The van der Waals surface area contributed by atoms with Gasteiger partial charge in [0.2, 0.25) is 5.69 Å². The van der Waals surface area contributed by atoms with Gasteiger partial charge in [-0.05, 0) is 31.7 Å². The summed E-state index contributed by atoms with van der Waals surface area (Å²) in [7, 11) is 0. The van der Waals surface area contributed by atoms with Crippen molar-refractivity contribution in [3.63, 3.8) is 0 Å². The SMILES string of the molecule is CCOP(=S)(OCC)SC/C=C(\F)C(F)F. The summed E-state index contributed by atoms with van der Waals surface area (Å²) < 4.78 is 46.6. The summed E-state index contributed by atoms with van der Waals surface area (Å²) in [6.45, 7) is 4.28. The minimum Gasteiger partial charge on any atom is -0.322 e. The van der Waals surface area contributed by atoms with Crippen molar-refractivity contribution in [3.05, 3.63) is 11.9 Å². The molecule has 0 atom stereocenters. The fourth-order valence-corrected chi connectivity index (χ4v) is 5.03. The predicted molar refractivity (Wildman–Crippen MR) is 65.2 cm³/mol. The average Bonchev–Trinajstić information content (AvgIpc) is 2.17. The molecule has 0 aromatic heterocycles. The van der Waals surface area contributed by atoms with Crippen molar-refractivity contribution < 1.29 is 22.2 Å². The van der Waals surface area contributed by atoms with Crippen molar-refractivity contribution in [2.45, 2.75) is 20.3 Å². The van der Waals surface area contributed by atoms with Crippen molar-refractivity contribution in [2.75, 3.05) is 19.0 Å². The molecule has 0 unspecified atom stereocenters. The molecule has 0 amide bonds.